The highest BCUT2D eigenvalue weighted by Crippen LogP contribution is 2.17. The van der Waals surface area contributed by atoms with Crippen LogP contribution in [0.5, 0.6) is 0 Å². The standard InChI is InChI=1S/C13H30N2O2/c1-11(2)17-8-7-15(5)12(10-14)9-13(3,4)16-6/h11-12H,7-10,14H2,1-6H3. The van der Waals surface area contributed by atoms with Crippen molar-refractivity contribution in [2.75, 3.05) is 33.9 Å². The molecule has 0 aliphatic carbocycles. The van der Waals surface area contributed by atoms with E-state index in [1.54, 1.807) is 7.11 Å². The average molecular weight is 246 g/mol. The third kappa shape index (κ3) is 7.71. The fraction of sp³-hybridized carbons (Fsp3) is 1.00. The minimum Gasteiger partial charge on any atom is -0.379 e. The van der Waals surface area contributed by atoms with E-state index in [0.29, 0.717) is 12.6 Å². The molecule has 0 rings (SSSR count). The number of hydrogen-bond acceptors (Lipinski definition) is 4. The van der Waals surface area contributed by atoms with E-state index in [4.69, 9.17) is 15.2 Å². The minimum atomic E-state index is -0.128. The Morgan fingerprint density at radius 3 is 2.29 bits per heavy atom. The van der Waals surface area contributed by atoms with Crippen LogP contribution in [0.1, 0.15) is 34.1 Å². The molecule has 0 saturated carbocycles. The first-order chi connectivity index (χ1) is 7.82. The molecule has 17 heavy (non-hydrogen) atoms. The summed E-state index contributed by atoms with van der Waals surface area (Å²) in [5, 5.41) is 0. The zero-order valence-electron chi connectivity index (χ0n) is 12.3. The molecule has 0 aromatic carbocycles. The van der Waals surface area contributed by atoms with Gasteiger partial charge in [-0.05, 0) is 41.2 Å². The maximum absolute atomic E-state index is 5.83. The lowest BCUT2D eigenvalue weighted by Gasteiger charge is -2.33. The molecule has 1 unspecified atom stereocenters. The second-order valence-electron chi connectivity index (χ2n) is 5.46. The third-order valence-electron chi connectivity index (χ3n) is 3.07. The Kier molecular flexibility index (Phi) is 7.96. The van der Waals surface area contributed by atoms with Gasteiger partial charge in [-0.2, -0.15) is 0 Å². The first-order valence-electron chi connectivity index (χ1n) is 6.39. The first-order valence-corrected chi connectivity index (χ1v) is 6.39. The smallest absolute Gasteiger partial charge is 0.0638 e. The largest absolute Gasteiger partial charge is 0.379 e. The first kappa shape index (κ1) is 16.8. The lowest BCUT2D eigenvalue weighted by Crippen LogP contribution is -2.44. The molecule has 4 heteroatoms. The number of likely N-dealkylation sites (N-methyl/N-ethyl adjacent to an activating group) is 1. The monoisotopic (exact) mass is 246 g/mol. The molecule has 0 spiro atoms. The summed E-state index contributed by atoms with van der Waals surface area (Å²) in [6.07, 6.45) is 1.22. The number of nitrogens with two attached hydrogens (primary N) is 1. The van der Waals surface area contributed by atoms with E-state index in [2.05, 4.69) is 39.6 Å². The highest BCUT2D eigenvalue weighted by Gasteiger charge is 2.24. The molecule has 1 atom stereocenters. The van der Waals surface area contributed by atoms with Gasteiger partial charge in [0.2, 0.25) is 0 Å². The summed E-state index contributed by atoms with van der Waals surface area (Å²) in [7, 11) is 3.84. The molecule has 0 fully saturated rings. The SMILES string of the molecule is COC(C)(C)CC(CN)N(C)CCOC(C)C. The number of nitrogens with zero attached hydrogens (tertiary/aromatic N) is 1. The Morgan fingerprint density at radius 2 is 1.88 bits per heavy atom. The molecular weight excluding hydrogens is 216 g/mol. The Morgan fingerprint density at radius 1 is 1.29 bits per heavy atom. The fourth-order valence-corrected chi connectivity index (χ4v) is 1.68. The molecule has 104 valence electrons. The van der Waals surface area contributed by atoms with Crippen molar-refractivity contribution in [3.8, 4) is 0 Å². The van der Waals surface area contributed by atoms with Crippen molar-refractivity contribution in [2.45, 2.75) is 51.9 Å². The second kappa shape index (κ2) is 8.03. The van der Waals surface area contributed by atoms with E-state index in [1.165, 1.54) is 0 Å². The highest BCUT2D eigenvalue weighted by atomic mass is 16.5. The van der Waals surface area contributed by atoms with Gasteiger partial charge in [-0.15, -0.1) is 0 Å². The van der Waals surface area contributed by atoms with Crippen molar-refractivity contribution in [3.05, 3.63) is 0 Å². The van der Waals surface area contributed by atoms with Gasteiger partial charge >= 0.3 is 0 Å². The Bertz CT molecular complexity index is 196. The predicted molar refractivity (Wildman–Crippen MR) is 72.3 cm³/mol. The zero-order chi connectivity index (χ0) is 13.5. The Balaban J connectivity index is 4.08. The van der Waals surface area contributed by atoms with E-state index < -0.39 is 0 Å². The van der Waals surface area contributed by atoms with Crippen LogP contribution < -0.4 is 5.73 Å². The van der Waals surface area contributed by atoms with Crippen LogP contribution >= 0.6 is 0 Å². The van der Waals surface area contributed by atoms with Gasteiger partial charge in [0.05, 0.1) is 18.3 Å². The number of methoxy groups -OCH3 is 1. The van der Waals surface area contributed by atoms with Crippen molar-refractivity contribution < 1.29 is 9.47 Å². The van der Waals surface area contributed by atoms with Gasteiger partial charge in [0, 0.05) is 26.2 Å². The lowest BCUT2D eigenvalue weighted by molar-refractivity contribution is -0.0101. The zero-order valence-corrected chi connectivity index (χ0v) is 12.3. The van der Waals surface area contributed by atoms with Crippen molar-refractivity contribution in [1.29, 1.82) is 0 Å². The number of hydrogen-bond donors (Lipinski definition) is 1. The van der Waals surface area contributed by atoms with Gasteiger partial charge in [0.15, 0.2) is 0 Å². The third-order valence-corrected chi connectivity index (χ3v) is 3.07. The van der Waals surface area contributed by atoms with Crippen LogP contribution in [-0.4, -0.2) is 56.5 Å². The van der Waals surface area contributed by atoms with Crippen LogP contribution in [0.2, 0.25) is 0 Å². The number of rotatable bonds is 9. The molecule has 0 aliphatic rings. The van der Waals surface area contributed by atoms with Gasteiger partial charge in [-0.1, -0.05) is 0 Å². The van der Waals surface area contributed by atoms with Crippen LogP contribution in [0.25, 0.3) is 0 Å². The summed E-state index contributed by atoms with van der Waals surface area (Å²) >= 11 is 0. The quantitative estimate of drug-likeness (QED) is 0.669. The van der Waals surface area contributed by atoms with E-state index in [-0.39, 0.29) is 11.7 Å². The summed E-state index contributed by atoms with van der Waals surface area (Å²) in [5.41, 5.74) is 5.70. The summed E-state index contributed by atoms with van der Waals surface area (Å²) in [6.45, 7) is 10.6. The van der Waals surface area contributed by atoms with E-state index >= 15 is 0 Å². The summed E-state index contributed by atoms with van der Waals surface area (Å²) in [5.74, 6) is 0. The summed E-state index contributed by atoms with van der Waals surface area (Å²) < 4.78 is 11.0. The van der Waals surface area contributed by atoms with E-state index in [0.717, 1.165) is 19.6 Å². The van der Waals surface area contributed by atoms with E-state index in [1.807, 2.05) is 0 Å². The maximum Gasteiger partial charge on any atom is 0.0638 e. The predicted octanol–water partition coefficient (Wildman–Crippen LogP) is 1.49. The average Bonchev–Trinajstić information content (AvgIpc) is 2.25. The van der Waals surface area contributed by atoms with Gasteiger partial charge in [-0.3, -0.25) is 4.90 Å². The van der Waals surface area contributed by atoms with Crippen LogP contribution in [0, 0.1) is 0 Å². The normalized spacial score (nSPS) is 14.6. The van der Waals surface area contributed by atoms with E-state index in [9.17, 15) is 0 Å². The van der Waals surface area contributed by atoms with Gasteiger partial charge in [0.1, 0.15) is 0 Å². The second-order valence-corrected chi connectivity index (χ2v) is 5.46. The molecule has 0 saturated heterocycles. The molecule has 4 nitrogen and oxygen atoms in total. The van der Waals surface area contributed by atoms with Crippen LogP contribution in [-0.2, 0) is 9.47 Å². The molecule has 0 radical (unpaired) electrons. The molecule has 0 bridgehead atoms. The Hall–Kier alpha value is -0.160. The van der Waals surface area contributed by atoms with Crippen molar-refractivity contribution in [3.63, 3.8) is 0 Å². The molecule has 0 aromatic heterocycles. The minimum absolute atomic E-state index is 0.128. The molecule has 0 aromatic rings. The van der Waals surface area contributed by atoms with Crippen LogP contribution in [0.4, 0.5) is 0 Å². The Labute approximate surface area is 106 Å². The molecule has 2 N–H and O–H groups in total. The summed E-state index contributed by atoms with van der Waals surface area (Å²) in [6, 6.07) is 0.334. The van der Waals surface area contributed by atoms with Crippen molar-refractivity contribution >= 4 is 0 Å². The summed E-state index contributed by atoms with van der Waals surface area (Å²) in [4.78, 5) is 2.25. The molecular formula is C13H30N2O2. The van der Waals surface area contributed by atoms with Gasteiger partial charge < -0.3 is 15.2 Å². The van der Waals surface area contributed by atoms with Crippen LogP contribution in [0.3, 0.4) is 0 Å². The number of ether oxygens (including phenoxy) is 2. The maximum atomic E-state index is 5.83. The van der Waals surface area contributed by atoms with Gasteiger partial charge in [-0.25, -0.2) is 0 Å². The van der Waals surface area contributed by atoms with Gasteiger partial charge in [0.25, 0.3) is 0 Å². The van der Waals surface area contributed by atoms with Crippen LogP contribution in [0.15, 0.2) is 0 Å². The lowest BCUT2D eigenvalue weighted by atomic mass is 9.98. The molecule has 0 heterocycles. The van der Waals surface area contributed by atoms with Crippen molar-refractivity contribution in [2.24, 2.45) is 5.73 Å². The van der Waals surface area contributed by atoms with Crippen molar-refractivity contribution in [1.82, 2.24) is 4.90 Å². The molecule has 0 aliphatic heterocycles. The fourth-order valence-electron chi connectivity index (χ4n) is 1.68. The molecule has 0 amide bonds. The topological polar surface area (TPSA) is 47.7 Å². The highest BCUT2D eigenvalue weighted by molar-refractivity contribution is 4.80.